The predicted octanol–water partition coefficient (Wildman–Crippen LogP) is 0.442. The van der Waals surface area contributed by atoms with Gasteiger partial charge in [-0.05, 0) is 25.7 Å². The van der Waals surface area contributed by atoms with Gasteiger partial charge in [-0.15, -0.1) is 0 Å². The van der Waals surface area contributed by atoms with E-state index in [1.54, 1.807) is 0 Å². The summed E-state index contributed by atoms with van der Waals surface area (Å²) in [7, 11) is 0. The summed E-state index contributed by atoms with van der Waals surface area (Å²) >= 11 is 0. The summed E-state index contributed by atoms with van der Waals surface area (Å²) in [6, 6.07) is 0. The third-order valence-electron chi connectivity index (χ3n) is 2.91. The quantitative estimate of drug-likeness (QED) is 0.700. The lowest BCUT2D eigenvalue weighted by Crippen LogP contribution is -2.44. The van der Waals surface area contributed by atoms with E-state index in [0.29, 0.717) is 19.5 Å². The zero-order valence-corrected chi connectivity index (χ0v) is 10.9. The number of amides is 2. The van der Waals surface area contributed by atoms with Gasteiger partial charge in [0.1, 0.15) is 6.10 Å². The lowest BCUT2D eigenvalue weighted by molar-refractivity contribution is -0.142. The maximum absolute atomic E-state index is 11.7. The van der Waals surface area contributed by atoms with Crippen molar-refractivity contribution in [2.75, 3.05) is 19.6 Å². The molecule has 1 fully saturated rings. The Labute approximate surface area is 108 Å². The molecule has 0 bridgehead atoms. The van der Waals surface area contributed by atoms with Crippen molar-refractivity contribution < 1.29 is 14.7 Å². The van der Waals surface area contributed by atoms with E-state index in [-0.39, 0.29) is 18.4 Å². The maximum atomic E-state index is 11.7. The van der Waals surface area contributed by atoms with Crippen LogP contribution in [0.1, 0.15) is 32.6 Å². The molecular weight excluding hydrogens is 232 g/mol. The van der Waals surface area contributed by atoms with E-state index in [0.717, 1.165) is 19.3 Å². The molecule has 1 heterocycles. The smallest absolute Gasteiger partial charge is 0.251 e. The van der Waals surface area contributed by atoms with Crippen LogP contribution in [0.3, 0.4) is 0 Å². The second-order valence-electron chi connectivity index (χ2n) is 4.46. The average Bonchev–Trinajstić information content (AvgIpc) is 2.50. The van der Waals surface area contributed by atoms with Crippen molar-refractivity contribution in [3.05, 3.63) is 12.2 Å². The Morgan fingerprint density at radius 3 is 3.00 bits per heavy atom. The highest BCUT2D eigenvalue weighted by Gasteiger charge is 2.26. The van der Waals surface area contributed by atoms with Gasteiger partial charge in [-0.25, -0.2) is 0 Å². The molecule has 5 nitrogen and oxygen atoms in total. The molecule has 0 aromatic carbocycles. The molecule has 0 aromatic rings. The van der Waals surface area contributed by atoms with Crippen molar-refractivity contribution in [2.45, 2.75) is 38.7 Å². The third kappa shape index (κ3) is 4.87. The maximum Gasteiger partial charge on any atom is 0.251 e. The Morgan fingerprint density at radius 2 is 2.28 bits per heavy atom. The Bertz CT molecular complexity index is 315. The number of nitrogens with one attached hydrogen (secondary N) is 1. The molecule has 18 heavy (non-hydrogen) atoms. The van der Waals surface area contributed by atoms with Crippen LogP contribution in [0, 0.1) is 0 Å². The summed E-state index contributed by atoms with van der Waals surface area (Å²) in [5.74, 6) is -0.509. The summed E-state index contributed by atoms with van der Waals surface area (Å²) in [5.41, 5.74) is 0. The summed E-state index contributed by atoms with van der Waals surface area (Å²) in [6.07, 6.45) is 6.01. The average molecular weight is 254 g/mol. The summed E-state index contributed by atoms with van der Waals surface area (Å²) in [6.45, 7) is 3.09. The minimum Gasteiger partial charge on any atom is -0.383 e. The van der Waals surface area contributed by atoms with Crippen LogP contribution < -0.4 is 5.32 Å². The van der Waals surface area contributed by atoms with Crippen molar-refractivity contribution in [3.63, 3.8) is 0 Å². The van der Waals surface area contributed by atoms with E-state index >= 15 is 0 Å². The van der Waals surface area contributed by atoms with Gasteiger partial charge in [0.15, 0.2) is 0 Å². The van der Waals surface area contributed by atoms with Crippen LogP contribution >= 0.6 is 0 Å². The Hall–Kier alpha value is -1.36. The van der Waals surface area contributed by atoms with Crippen LogP contribution in [0.15, 0.2) is 12.2 Å². The molecule has 2 N–H and O–H groups in total. The lowest BCUT2D eigenvalue weighted by Gasteiger charge is -2.21. The molecule has 2 amide bonds. The van der Waals surface area contributed by atoms with Crippen molar-refractivity contribution in [3.8, 4) is 0 Å². The minimum absolute atomic E-state index is 0.0376. The van der Waals surface area contributed by atoms with Crippen LogP contribution in [0.5, 0.6) is 0 Å². The van der Waals surface area contributed by atoms with E-state index < -0.39 is 6.10 Å². The molecule has 1 unspecified atom stereocenters. The number of hydrogen-bond acceptors (Lipinski definition) is 3. The van der Waals surface area contributed by atoms with Gasteiger partial charge in [0.25, 0.3) is 5.91 Å². The third-order valence-corrected chi connectivity index (χ3v) is 2.91. The molecule has 0 radical (unpaired) electrons. The number of rotatable bonds is 5. The van der Waals surface area contributed by atoms with Gasteiger partial charge in [-0.2, -0.15) is 0 Å². The number of aliphatic hydroxyl groups excluding tert-OH is 1. The second kappa shape index (κ2) is 7.87. The number of nitrogens with zero attached hydrogens (tertiary/aromatic N) is 1. The van der Waals surface area contributed by atoms with Crippen molar-refractivity contribution in [2.24, 2.45) is 0 Å². The van der Waals surface area contributed by atoms with Gasteiger partial charge >= 0.3 is 0 Å². The number of carbonyl (C=O) groups is 2. The first kappa shape index (κ1) is 14.7. The molecule has 0 spiro atoms. The van der Waals surface area contributed by atoms with Crippen molar-refractivity contribution in [1.82, 2.24) is 10.2 Å². The summed E-state index contributed by atoms with van der Waals surface area (Å²) in [4.78, 5) is 24.8. The Morgan fingerprint density at radius 1 is 1.50 bits per heavy atom. The molecule has 5 heteroatoms. The van der Waals surface area contributed by atoms with Gasteiger partial charge in [0.05, 0.1) is 6.54 Å². The summed E-state index contributed by atoms with van der Waals surface area (Å²) < 4.78 is 0. The summed E-state index contributed by atoms with van der Waals surface area (Å²) in [5, 5.41) is 12.3. The standard InChI is InChI=1S/C13H22N2O3/c1-2-3-5-8-14-12(17)10-15-9-6-4-7-11(16)13(15)18/h3,5,11,16H,2,4,6-10H2,1H3,(H,14,17)/b5-3+. The fourth-order valence-electron chi connectivity index (χ4n) is 1.89. The normalized spacial score (nSPS) is 21.1. The van der Waals surface area contributed by atoms with Crippen molar-refractivity contribution >= 4 is 11.8 Å². The highest BCUT2D eigenvalue weighted by atomic mass is 16.3. The largest absolute Gasteiger partial charge is 0.383 e. The second-order valence-corrected chi connectivity index (χ2v) is 4.46. The molecule has 102 valence electrons. The first-order valence-corrected chi connectivity index (χ1v) is 6.53. The van der Waals surface area contributed by atoms with Crippen LogP contribution in [0.25, 0.3) is 0 Å². The van der Waals surface area contributed by atoms with Gasteiger partial charge in [0, 0.05) is 13.1 Å². The zero-order chi connectivity index (χ0) is 13.4. The van der Waals surface area contributed by atoms with E-state index in [1.807, 2.05) is 19.1 Å². The number of hydrogen-bond donors (Lipinski definition) is 2. The molecule has 1 atom stereocenters. The first-order chi connectivity index (χ1) is 8.65. The van der Waals surface area contributed by atoms with E-state index in [4.69, 9.17) is 0 Å². The Kier molecular flexibility index (Phi) is 6.43. The molecular formula is C13H22N2O3. The van der Waals surface area contributed by atoms with E-state index in [1.165, 1.54) is 4.90 Å². The van der Waals surface area contributed by atoms with Gasteiger partial charge in [-0.3, -0.25) is 9.59 Å². The molecule has 1 aliphatic rings. The van der Waals surface area contributed by atoms with Gasteiger partial charge in [-0.1, -0.05) is 19.1 Å². The minimum atomic E-state index is -0.944. The van der Waals surface area contributed by atoms with Crippen molar-refractivity contribution in [1.29, 1.82) is 0 Å². The molecule has 1 aliphatic heterocycles. The predicted molar refractivity (Wildman–Crippen MR) is 68.9 cm³/mol. The molecule has 0 aromatic heterocycles. The SMILES string of the molecule is CC/C=C/CNC(=O)CN1CCCCC(O)C1=O. The fourth-order valence-corrected chi connectivity index (χ4v) is 1.89. The number of likely N-dealkylation sites (tertiary alicyclic amines) is 1. The molecule has 1 saturated heterocycles. The molecule has 0 aliphatic carbocycles. The Balaban J connectivity index is 2.37. The molecule has 0 saturated carbocycles. The number of carbonyl (C=O) groups excluding carboxylic acids is 2. The zero-order valence-electron chi connectivity index (χ0n) is 10.9. The fraction of sp³-hybridized carbons (Fsp3) is 0.692. The topological polar surface area (TPSA) is 69.6 Å². The van der Waals surface area contributed by atoms with Gasteiger partial charge in [0.2, 0.25) is 5.91 Å². The first-order valence-electron chi connectivity index (χ1n) is 6.53. The monoisotopic (exact) mass is 254 g/mol. The van der Waals surface area contributed by atoms with E-state index in [2.05, 4.69) is 5.32 Å². The van der Waals surface area contributed by atoms with Crippen LogP contribution in [-0.2, 0) is 9.59 Å². The highest BCUT2D eigenvalue weighted by molar-refractivity contribution is 5.87. The van der Waals surface area contributed by atoms with Crippen LogP contribution in [-0.4, -0.2) is 47.6 Å². The van der Waals surface area contributed by atoms with Gasteiger partial charge < -0.3 is 15.3 Å². The number of allylic oxidation sites excluding steroid dienone is 1. The number of aliphatic hydroxyl groups is 1. The van der Waals surface area contributed by atoms with Crippen LogP contribution in [0.4, 0.5) is 0 Å². The highest BCUT2D eigenvalue weighted by Crippen LogP contribution is 2.11. The lowest BCUT2D eigenvalue weighted by atomic mass is 10.2. The van der Waals surface area contributed by atoms with Crippen LogP contribution in [0.2, 0.25) is 0 Å². The van der Waals surface area contributed by atoms with E-state index in [9.17, 15) is 14.7 Å². The molecule has 1 rings (SSSR count).